The van der Waals surface area contributed by atoms with Gasteiger partial charge in [0.1, 0.15) is 22.2 Å². The van der Waals surface area contributed by atoms with Crippen LogP contribution in [0.5, 0.6) is 0 Å². The lowest BCUT2D eigenvalue weighted by atomic mass is 10.1. The molecule has 0 fully saturated rings. The molecule has 27 heavy (non-hydrogen) atoms. The lowest BCUT2D eigenvalue weighted by Crippen LogP contribution is -2.08. The molecule has 9 heteroatoms. The minimum atomic E-state index is -0.437. The van der Waals surface area contributed by atoms with Crippen LogP contribution in [0.2, 0.25) is 4.34 Å². The zero-order chi connectivity index (χ0) is 18.6. The Kier molecular flexibility index (Phi) is 5.38. The summed E-state index contributed by atoms with van der Waals surface area (Å²) < 4.78 is 15.2. The molecule has 0 N–H and O–H groups in total. The molecule has 136 valence electrons. The van der Waals surface area contributed by atoms with Crippen molar-refractivity contribution in [2.45, 2.75) is 17.6 Å². The van der Waals surface area contributed by atoms with Crippen molar-refractivity contribution in [2.75, 3.05) is 0 Å². The van der Waals surface area contributed by atoms with Crippen molar-refractivity contribution in [3.05, 3.63) is 69.7 Å². The van der Waals surface area contributed by atoms with Crippen LogP contribution in [-0.2, 0) is 17.1 Å². The van der Waals surface area contributed by atoms with E-state index in [-0.39, 0.29) is 6.61 Å². The number of nitrogens with zero attached hydrogens (tertiary/aromatic N) is 3. The minimum Gasteiger partial charge on any atom is -0.455 e. The molecule has 0 bridgehead atoms. The van der Waals surface area contributed by atoms with E-state index in [2.05, 4.69) is 14.6 Å². The van der Waals surface area contributed by atoms with Crippen LogP contribution < -0.4 is 0 Å². The van der Waals surface area contributed by atoms with E-state index in [1.165, 1.54) is 11.8 Å². The molecule has 0 saturated carbocycles. The van der Waals surface area contributed by atoms with Gasteiger partial charge >= 0.3 is 5.97 Å². The van der Waals surface area contributed by atoms with Crippen LogP contribution in [-0.4, -0.2) is 20.5 Å². The summed E-state index contributed by atoms with van der Waals surface area (Å²) in [5, 5.41) is 4.39. The average Bonchev–Trinajstić information content (AvgIpc) is 3.30. The Morgan fingerprint density at radius 3 is 2.81 bits per heavy atom. The van der Waals surface area contributed by atoms with Crippen molar-refractivity contribution < 1.29 is 13.9 Å². The first kappa shape index (κ1) is 18.0. The summed E-state index contributed by atoms with van der Waals surface area (Å²) >= 11 is 8.41. The van der Waals surface area contributed by atoms with Gasteiger partial charge in [0.25, 0.3) is 5.22 Å². The lowest BCUT2D eigenvalue weighted by molar-refractivity contribution is 0.0467. The highest BCUT2D eigenvalue weighted by Gasteiger charge is 2.16. The molecule has 2 heterocycles. The largest absolute Gasteiger partial charge is 0.455 e. The average molecular weight is 418 g/mol. The topological polar surface area (TPSA) is 78.1 Å². The van der Waals surface area contributed by atoms with Crippen LogP contribution in [0.25, 0.3) is 11.1 Å². The van der Waals surface area contributed by atoms with Gasteiger partial charge in [-0.2, -0.15) is 0 Å². The summed E-state index contributed by atoms with van der Waals surface area (Å²) in [6.45, 7) is -0.0131. The number of ether oxygens (including phenoxy) is 1. The van der Waals surface area contributed by atoms with Gasteiger partial charge in [0.2, 0.25) is 0 Å². The molecule has 4 rings (SSSR count). The zero-order valence-electron chi connectivity index (χ0n) is 13.8. The Morgan fingerprint density at radius 2 is 2.00 bits per heavy atom. The molecule has 0 aliphatic heterocycles. The fourth-order valence-corrected chi connectivity index (χ4v) is 3.84. The second-order valence-corrected chi connectivity index (χ2v) is 7.75. The molecular weight excluding hydrogens is 406 g/mol. The molecule has 2 aromatic heterocycles. The number of esters is 1. The molecule has 4 aromatic rings. The van der Waals surface area contributed by atoms with Crippen molar-refractivity contribution in [2.24, 2.45) is 0 Å². The second-order valence-electron chi connectivity index (χ2n) is 5.46. The van der Waals surface area contributed by atoms with Crippen molar-refractivity contribution in [1.82, 2.24) is 14.6 Å². The van der Waals surface area contributed by atoms with Gasteiger partial charge in [-0.15, -0.1) is 5.10 Å². The highest BCUT2D eigenvalue weighted by atomic mass is 35.5. The van der Waals surface area contributed by atoms with E-state index >= 15 is 0 Å². The van der Waals surface area contributed by atoms with Crippen LogP contribution in [0, 0.1) is 0 Å². The molecular formula is C18H12ClN3O3S2. The smallest absolute Gasteiger partial charge is 0.338 e. The van der Waals surface area contributed by atoms with E-state index in [0.29, 0.717) is 26.6 Å². The molecule has 0 saturated heterocycles. The van der Waals surface area contributed by atoms with E-state index < -0.39 is 5.97 Å². The molecule has 0 unspecified atom stereocenters. The number of fused-ring (bicyclic) bond motifs is 1. The number of hydrogen-bond donors (Lipinski definition) is 0. The van der Waals surface area contributed by atoms with Gasteiger partial charge in [-0.25, -0.2) is 9.78 Å². The van der Waals surface area contributed by atoms with Crippen molar-refractivity contribution in [3.8, 4) is 0 Å². The number of thioether (sulfide) groups is 1. The summed E-state index contributed by atoms with van der Waals surface area (Å²) in [5.41, 5.74) is 3.31. The Morgan fingerprint density at radius 1 is 1.19 bits per heavy atom. The molecule has 2 aromatic carbocycles. The Balaban J connectivity index is 1.45. The van der Waals surface area contributed by atoms with E-state index in [0.717, 1.165) is 28.2 Å². The Labute approximate surface area is 167 Å². The number of carbonyl (C=O) groups is 1. The standard InChI is InChI=1S/C18H12ClN3O3S2/c19-16-14(21-22-27-16)9-24-17(23)12-6-2-1-5-11(12)10-26-18-20-13-7-3-4-8-15(13)25-18/h1-8H,9-10H2. The molecule has 6 nitrogen and oxygen atoms in total. The Hall–Kier alpha value is -2.42. The SMILES string of the molecule is O=C(OCc1nnsc1Cl)c1ccccc1CSc1nc2ccccc2o1. The van der Waals surface area contributed by atoms with Gasteiger partial charge in [-0.3, -0.25) is 0 Å². The maximum Gasteiger partial charge on any atom is 0.338 e. The third-order valence-corrected chi connectivity index (χ3v) is 5.57. The number of hydrogen-bond acceptors (Lipinski definition) is 8. The fourth-order valence-electron chi connectivity index (χ4n) is 2.39. The molecule has 0 radical (unpaired) electrons. The number of benzene rings is 2. The summed E-state index contributed by atoms with van der Waals surface area (Å²) in [4.78, 5) is 16.9. The number of para-hydroxylation sites is 2. The third kappa shape index (κ3) is 4.13. The van der Waals surface area contributed by atoms with E-state index in [9.17, 15) is 4.79 Å². The lowest BCUT2D eigenvalue weighted by Gasteiger charge is -2.08. The van der Waals surface area contributed by atoms with Crippen LogP contribution in [0.3, 0.4) is 0 Å². The zero-order valence-corrected chi connectivity index (χ0v) is 16.2. The van der Waals surface area contributed by atoms with Crippen LogP contribution in [0.15, 0.2) is 58.2 Å². The molecule has 0 spiro atoms. The maximum atomic E-state index is 12.5. The predicted molar refractivity (Wildman–Crippen MR) is 104 cm³/mol. The maximum absolute atomic E-state index is 12.5. The van der Waals surface area contributed by atoms with Gasteiger partial charge < -0.3 is 9.15 Å². The van der Waals surface area contributed by atoms with Crippen molar-refractivity contribution in [3.63, 3.8) is 0 Å². The monoisotopic (exact) mass is 417 g/mol. The summed E-state index contributed by atoms with van der Waals surface area (Å²) in [6, 6.07) is 14.9. The van der Waals surface area contributed by atoms with E-state index in [1.54, 1.807) is 12.1 Å². The van der Waals surface area contributed by atoms with Gasteiger partial charge in [0.05, 0.1) is 5.56 Å². The fraction of sp³-hybridized carbons (Fsp3) is 0.111. The number of rotatable bonds is 6. The summed E-state index contributed by atoms with van der Waals surface area (Å²) in [5.74, 6) is 0.0877. The van der Waals surface area contributed by atoms with Gasteiger partial charge in [-0.1, -0.05) is 58.2 Å². The number of carbonyl (C=O) groups excluding carboxylic acids is 1. The highest BCUT2D eigenvalue weighted by Crippen LogP contribution is 2.27. The predicted octanol–water partition coefficient (Wildman–Crippen LogP) is 4.98. The third-order valence-electron chi connectivity index (χ3n) is 3.71. The van der Waals surface area contributed by atoms with Crippen LogP contribution in [0.1, 0.15) is 21.6 Å². The molecule has 0 aliphatic carbocycles. The van der Waals surface area contributed by atoms with Crippen molar-refractivity contribution >= 4 is 52.0 Å². The van der Waals surface area contributed by atoms with Crippen molar-refractivity contribution in [1.29, 1.82) is 0 Å². The first-order valence-corrected chi connectivity index (χ1v) is 10.0. The quantitative estimate of drug-likeness (QED) is 0.323. The minimum absolute atomic E-state index is 0.0131. The molecule has 0 amide bonds. The first-order valence-electron chi connectivity index (χ1n) is 7.91. The molecule has 0 aliphatic rings. The highest BCUT2D eigenvalue weighted by molar-refractivity contribution is 7.98. The summed E-state index contributed by atoms with van der Waals surface area (Å²) in [6.07, 6.45) is 0. The van der Waals surface area contributed by atoms with Gasteiger partial charge in [0, 0.05) is 17.3 Å². The summed E-state index contributed by atoms with van der Waals surface area (Å²) in [7, 11) is 0. The van der Waals surface area contributed by atoms with Crippen LogP contribution >= 0.6 is 34.9 Å². The molecule has 0 atom stereocenters. The van der Waals surface area contributed by atoms with Crippen LogP contribution in [0.4, 0.5) is 0 Å². The van der Waals surface area contributed by atoms with E-state index in [1.807, 2.05) is 36.4 Å². The van der Waals surface area contributed by atoms with E-state index in [4.69, 9.17) is 20.8 Å². The Bertz CT molecular complexity index is 1060. The first-order chi connectivity index (χ1) is 13.2. The van der Waals surface area contributed by atoms with Gasteiger partial charge in [-0.05, 0) is 23.8 Å². The normalized spacial score (nSPS) is 11.0. The number of oxazole rings is 1. The second kappa shape index (κ2) is 8.08. The van der Waals surface area contributed by atoms with Gasteiger partial charge in [0.15, 0.2) is 5.58 Å². The number of aromatic nitrogens is 3. The number of halogens is 1.